The van der Waals surface area contributed by atoms with Gasteiger partial charge in [-0.1, -0.05) is 17.7 Å². The number of nitrogens with zero attached hydrogens (tertiary/aromatic N) is 4. The molecule has 0 unspecified atom stereocenters. The maximum Gasteiger partial charge on any atom is 0.255 e. The number of benzene rings is 1. The van der Waals surface area contributed by atoms with Crippen LogP contribution in [0.5, 0.6) is 5.75 Å². The SMILES string of the molecule is COc1ccc(C)cc1C1=CCCN(c2nc(-c3ccncc3)cc(=O)n2C)C1. The van der Waals surface area contributed by atoms with E-state index in [-0.39, 0.29) is 5.56 Å². The molecule has 0 radical (unpaired) electrons. The molecule has 148 valence electrons. The van der Waals surface area contributed by atoms with Crippen molar-refractivity contribution in [2.24, 2.45) is 7.05 Å². The molecule has 2 aromatic heterocycles. The monoisotopic (exact) mass is 388 g/mol. The molecule has 0 aliphatic carbocycles. The molecule has 29 heavy (non-hydrogen) atoms. The minimum absolute atomic E-state index is 0.0777. The summed E-state index contributed by atoms with van der Waals surface area (Å²) >= 11 is 0. The average molecular weight is 388 g/mol. The fourth-order valence-electron chi connectivity index (χ4n) is 3.66. The fraction of sp³-hybridized carbons (Fsp3) is 0.261. The predicted molar refractivity (Wildman–Crippen MR) is 115 cm³/mol. The van der Waals surface area contributed by atoms with Gasteiger partial charge in [0.15, 0.2) is 0 Å². The Morgan fingerprint density at radius 2 is 1.90 bits per heavy atom. The number of hydrogen-bond acceptors (Lipinski definition) is 5. The summed E-state index contributed by atoms with van der Waals surface area (Å²) in [6.07, 6.45) is 6.54. The number of ether oxygens (including phenoxy) is 1. The highest BCUT2D eigenvalue weighted by atomic mass is 16.5. The van der Waals surface area contributed by atoms with Crippen LogP contribution >= 0.6 is 0 Å². The lowest BCUT2D eigenvalue weighted by Crippen LogP contribution is -2.35. The molecule has 0 atom stereocenters. The van der Waals surface area contributed by atoms with Crippen molar-refractivity contribution in [2.45, 2.75) is 13.3 Å². The highest BCUT2D eigenvalue weighted by molar-refractivity contribution is 5.75. The quantitative estimate of drug-likeness (QED) is 0.685. The van der Waals surface area contributed by atoms with E-state index in [1.54, 1.807) is 37.2 Å². The number of methoxy groups -OCH3 is 1. The number of aromatic nitrogens is 3. The Labute approximate surface area is 170 Å². The molecule has 0 saturated carbocycles. The third kappa shape index (κ3) is 3.78. The third-order valence-electron chi connectivity index (χ3n) is 5.22. The smallest absolute Gasteiger partial charge is 0.255 e. The molecule has 1 aromatic carbocycles. The number of hydrogen-bond donors (Lipinski definition) is 0. The molecule has 0 saturated heterocycles. The van der Waals surface area contributed by atoms with Crippen molar-refractivity contribution in [3.63, 3.8) is 0 Å². The van der Waals surface area contributed by atoms with E-state index in [4.69, 9.17) is 9.72 Å². The second kappa shape index (κ2) is 7.91. The first-order valence-corrected chi connectivity index (χ1v) is 9.64. The first kappa shape index (κ1) is 18.9. The van der Waals surface area contributed by atoms with Crippen molar-refractivity contribution >= 4 is 11.5 Å². The second-order valence-corrected chi connectivity index (χ2v) is 7.22. The molecular weight excluding hydrogens is 364 g/mol. The normalized spacial score (nSPS) is 13.9. The summed E-state index contributed by atoms with van der Waals surface area (Å²) in [7, 11) is 3.46. The second-order valence-electron chi connectivity index (χ2n) is 7.22. The summed E-state index contributed by atoms with van der Waals surface area (Å²) in [5.41, 5.74) is 4.92. The van der Waals surface area contributed by atoms with Gasteiger partial charge in [-0.3, -0.25) is 14.3 Å². The minimum atomic E-state index is -0.0777. The lowest BCUT2D eigenvalue weighted by molar-refractivity contribution is 0.413. The molecule has 4 rings (SSSR count). The van der Waals surface area contributed by atoms with Gasteiger partial charge in [0.25, 0.3) is 5.56 Å². The van der Waals surface area contributed by atoms with Crippen LogP contribution in [-0.4, -0.2) is 34.7 Å². The average Bonchev–Trinajstić information content (AvgIpc) is 2.76. The number of rotatable bonds is 4. The third-order valence-corrected chi connectivity index (χ3v) is 5.22. The summed E-state index contributed by atoms with van der Waals surface area (Å²) < 4.78 is 7.19. The molecule has 1 aliphatic rings. The molecule has 1 aliphatic heterocycles. The van der Waals surface area contributed by atoms with E-state index < -0.39 is 0 Å². The summed E-state index contributed by atoms with van der Waals surface area (Å²) in [5, 5.41) is 0. The van der Waals surface area contributed by atoms with Crippen molar-refractivity contribution in [1.29, 1.82) is 0 Å². The Kier molecular flexibility index (Phi) is 5.16. The molecule has 0 bridgehead atoms. The van der Waals surface area contributed by atoms with Gasteiger partial charge in [-0.25, -0.2) is 4.98 Å². The summed E-state index contributed by atoms with van der Waals surface area (Å²) in [4.78, 5) is 23.6. The van der Waals surface area contributed by atoms with Crippen molar-refractivity contribution in [2.75, 3.05) is 25.1 Å². The Hall–Kier alpha value is -3.41. The summed E-state index contributed by atoms with van der Waals surface area (Å²) in [6.45, 7) is 3.55. The van der Waals surface area contributed by atoms with Crippen molar-refractivity contribution in [3.8, 4) is 17.0 Å². The van der Waals surface area contributed by atoms with Crippen LogP contribution in [0.4, 0.5) is 5.95 Å². The molecule has 0 spiro atoms. The van der Waals surface area contributed by atoms with Crippen LogP contribution in [0.2, 0.25) is 0 Å². The van der Waals surface area contributed by atoms with E-state index in [0.717, 1.165) is 29.8 Å². The summed E-state index contributed by atoms with van der Waals surface area (Å²) in [5.74, 6) is 1.53. The van der Waals surface area contributed by atoms with Crippen LogP contribution in [0, 0.1) is 6.92 Å². The molecule has 0 N–H and O–H groups in total. The van der Waals surface area contributed by atoms with Gasteiger partial charge in [-0.15, -0.1) is 0 Å². The first-order valence-electron chi connectivity index (χ1n) is 9.64. The fourth-order valence-corrected chi connectivity index (χ4v) is 3.66. The Morgan fingerprint density at radius 3 is 2.66 bits per heavy atom. The summed E-state index contributed by atoms with van der Waals surface area (Å²) in [6, 6.07) is 11.5. The largest absolute Gasteiger partial charge is 0.496 e. The van der Waals surface area contributed by atoms with E-state index in [9.17, 15) is 4.79 Å². The van der Waals surface area contributed by atoms with Crippen LogP contribution in [0.1, 0.15) is 17.5 Å². The lowest BCUT2D eigenvalue weighted by atomic mass is 9.98. The molecule has 6 heteroatoms. The minimum Gasteiger partial charge on any atom is -0.496 e. The Morgan fingerprint density at radius 1 is 1.10 bits per heavy atom. The standard InChI is InChI=1S/C23H24N4O2/c1-16-6-7-21(29-3)19(13-16)18-5-4-12-27(15-18)23-25-20(14-22(28)26(23)2)17-8-10-24-11-9-17/h5-11,13-14H,4,12,15H2,1-3H3. The molecule has 3 aromatic rings. The topological polar surface area (TPSA) is 60.2 Å². The van der Waals surface area contributed by atoms with Crippen molar-refractivity contribution < 1.29 is 4.74 Å². The van der Waals surface area contributed by atoms with Gasteiger partial charge in [0.1, 0.15) is 5.75 Å². The van der Waals surface area contributed by atoms with E-state index in [0.29, 0.717) is 18.2 Å². The number of anilines is 1. The highest BCUT2D eigenvalue weighted by Crippen LogP contribution is 2.31. The number of aryl methyl sites for hydroxylation is 1. The van der Waals surface area contributed by atoms with E-state index >= 15 is 0 Å². The Bertz CT molecular complexity index is 1120. The van der Waals surface area contributed by atoms with E-state index in [2.05, 4.69) is 29.0 Å². The van der Waals surface area contributed by atoms with E-state index in [1.807, 2.05) is 24.3 Å². The number of pyridine rings is 1. The maximum atomic E-state index is 12.6. The molecule has 0 amide bonds. The van der Waals surface area contributed by atoms with Crippen molar-refractivity contribution in [3.05, 3.63) is 76.3 Å². The zero-order valence-corrected chi connectivity index (χ0v) is 16.9. The van der Waals surface area contributed by atoms with Crippen LogP contribution < -0.4 is 15.2 Å². The van der Waals surface area contributed by atoms with Crippen LogP contribution in [0.3, 0.4) is 0 Å². The molecule has 0 fully saturated rings. The van der Waals surface area contributed by atoms with Gasteiger partial charge in [-0.2, -0.15) is 0 Å². The highest BCUT2D eigenvalue weighted by Gasteiger charge is 2.21. The molecular formula is C23H24N4O2. The van der Waals surface area contributed by atoms with E-state index in [1.165, 1.54) is 11.1 Å². The Balaban J connectivity index is 1.72. The van der Waals surface area contributed by atoms with Crippen LogP contribution in [0.25, 0.3) is 16.8 Å². The van der Waals surface area contributed by atoms with Crippen molar-refractivity contribution in [1.82, 2.24) is 14.5 Å². The van der Waals surface area contributed by atoms with Crippen LogP contribution in [-0.2, 0) is 7.05 Å². The van der Waals surface area contributed by atoms with Gasteiger partial charge in [0, 0.05) is 49.7 Å². The van der Waals surface area contributed by atoms with Gasteiger partial charge >= 0.3 is 0 Å². The lowest BCUT2D eigenvalue weighted by Gasteiger charge is -2.30. The van der Waals surface area contributed by atoms with Crippen LogP contribution in [0.15, 0.2) is 59.7 Å². The predicted octanol–water partition coefficient (Wildman–Crippen LogP) is 3.45. The van der Waals surface area contributed by atoms with Gasteiger partial charge in [0.05, 0.1) is 12.8 Å². The zero-order chi connectivity index (χ0) is 20.4. The molecule has 6 nitrogen and oxygen atoms in total. The van der Waals surface area contributed by atoms with Gasteiger partial charge in [0.2, 0.25) is 5.95 Å². The maximum absolute atomic E-state index is 12.6. The first-order chi connectivity index (χ1) is 14.1. The molecule has 3 heterocycles. The van der Waals surface area contributed by atoms with Gasteiger partial charge < -0.3 is 9.64 Å². The van der Waals surface area contributed by atoms with Gasteiger partial charge in [-0.05, 0) is 43.2 Å². The zero-order valence-electron chi connectivity index (χ0n) is 16.9.